The molecule has 3 atom stereocenters. The number of carbonyl (C=O) groups excluding carboxylic acids is 1. The lowest BCUT2D eigenvalue weighted by molar-refractivity contribution is 0.0623. The smallest absolute Gasteiger partial charge is 0.336 e. The third-order valence-electron chi connectivity index (χ3n) is 5.44. The average molecular weight is 321 g/mol. The maximum atomic E-state index is 13.1. The topological polar surface area (TPSA) is 57.6 Å². The lowest BCUT2D eigenvalue weighted by Crippen LogP contribution is -2.30. The molecule has 0 unspecified atom stereocenters. The zero-order valence-electron chi connectivity index (χ0n) is 13.7. The number of carbonyl (C=O) groups is 2. The molecule has 0 saturated carbocycles. The molecule has 24 heavy (non-hydrogen) atoms. The molecule has 2 aliphatic rings. The number of hydrogen-bond donors (Lipinski definition) is 1. The maximum absolute atomic E-state index is 13.1. The molecular formula is C20H19NO3. The Morgan fingerprint density at radius 2 is 1.71 bits per heavy atom. The molecule has 2 heterocycles. The molecule has 0 aromatic heterocycles. The lowest BCUT2D eigenvalue weighted by atomic mass is 9.88. The fourth-order valence-electron chi connectivity index (χ4n) is 4.32. The van der Waals surface area contributed by atoms with Crippen molar-refractivity contribution in [2.24, 2.45) is 0 Å². The van der Waals surface area contributed by atoms with Crippen LogP contribution in [0.2, 0.25) is 0 Å². The molecule has 1 N–H and O–H groups in total. The second-order valence-electron chi connectivity index (χ2n) is 6.74. The summed E-state index contributed by atoms with van der Waals surface area (Å²) in [6.07, 6.45) is 0.809. The van der Waals surface area contributed by atoms with Crippen LogP contribution >= 0.6 is 0 Å². The van der Waals surface area contributed by atoms with Crippen LogP contribution in [0.3, 0.4) is 0 Å². The fourth-order valence-corrected chi connectivity index (χ4v) is 4.32. The van der Waals surface area contributed by atoms with Crippen LogP contribution in [0, 0.1) is 0 Å². The third kappa shape index (κ3) is 1.92. The summed E-state index contributed by atoms with van der Waals surface area (Å²) >= 11 is 0. The summed E-state index contributed by atoms with van der Waals surface area (Å²) in [6, 6.07) is 13.3. The minimum atomic E-state index is -1.04. The molecular weight excluding hydrogens is 302 g/mol. The van der Waals surface area contributed by atoms with Crippen molar-refractivity contribution in [3.05, 3.63) is 70.3 Å². The molecule has 0 aliphatic carbocycles. The number of nitrogens with zero attached hydrogens (tertiary/aromatic N) is 1. The van der Waals surface area contributed by atoms with Crippen LogP contribution in [-0.4, -0.2) is 21.9 Å². The molecule has 4 nitrogen and oxygen atoms in total. The van der Waals surface area contributed by atoms with Gasteiger partial charge >= 0.3 is 5.97 Å². The molecule has 2 aromatic rings. The first kappa shape index (κ1) is 14.9. The zero-order valence-corrected chi connectivity index (χ0v) is 13.7. The standard InChI is InChI=1S/C20H19NO3/c1-11-10-17-15-8-5-9-16(20(23)24)18(15)19(22)21(17)12(2)14-7-4-3-6-13(11)14/h3-9,11-12,17H,10H2,1-2H3,(H,23,24)/t11-,12-,17+/m1/s1. The van der Waals surface area contributed by atoms with Gasteiger partial charge in [0.1, 0.15) is 0 Å². The van der Waals surface area contributed by atoms with Crippen molar-refractivity contribution in [2.45, 2.75) is 38.3 Å². The van der Waals surface area contributed by atoms with Crippen LogP contribution in [0.25, 0.3) is 0 Å². The van der Waals surface area contributed by atoms with Crippen molar-refractivity contribution >= 4 is 11.9 Å². The van der Waals surface area contributed by atoms with Crippen LogP contribution < -0.4 is 0 Å². The number of carboxylic acids is 1. The molecule has 4 heteroatoms. The summed E-state index contributed by atoms with van der Waals surface area (Å²) in [5, 5.41) is 9.46. The van der Waals surface area contributed by atoms with Gasteiger partial charge in [-0.1, -0.05) is 43.3 Å². The highest BCUT2D eigenvalue weighted by molar-refractivity contribution is 6.08. The van der Waals surface area contributed by atoms with E-state index in [-0.39, 0.29) is 23.6 Å². The second-order valence-corrected chi connectivity index (χ2v) is 6.74. The van der Waals surface area contributed by atoms with Gasteiger partial charge in [-0.25, -0.2) is 4.79 Å². The molecule has 0 radical (unpaired) electrons. The Balaban J connectivity index is 1.91. The molecule has 122 valence electrons. The van der Waals surface area contributed by atoms with Crippen LogP contribution in [0.4, 0.5) is 0 Å². The van der Waals surface area contributed by atoms with E-state index in [0.717, 1.165) is 17.5 Å². The Morgan fingerprint density at radius 1 is 1.04 bits per heavy atom. The van der Waals surface area contributed by atoms with Crippen LogP contribution in [0.1, 0.15) is 75.7 Å². The van der Waals surface area contributed by atoms with Crippen LogP contribution in [0.5, 0.6) is 0 Å². The molecule has 0 saturated heterocycles. The summed E-state index contributed by atoms with van der Waals surface area (Å²) in [6.45, 7) is 4.21. The van der Waals surface area contributed by atoms with E-state index in [9.17, 15) is 14.7 Å². The summed E-state index contributed by atoms with van der Waals surface area (Å²) in [4.78, 5) is 26.5. The molecule has 0 bridgehead atoms. The number of hydrogen-bond acceptors (Lipinski definition) is 2. The van der Waals surface area contributed by atoms with Crippen molar-refractivity contribution in [3.8, 4) is 0 Å². The summed E-state index contributed by atoms with van der Waals surface area (Å²) in [7, 11) is 0. The van der Waals surface area contributed by atoms with Gasteiger partial charge in [0.2, 0.25) is 0 Å². The Hall–Kier alpha value is -2.62. The normalized spacial score (nSPS) is 24.8. The number of aromatic carboxylic acids is 1. The predicted molar refractivity (Wildman–Crippen MR) is 90.2 cm³/mol. The number of rotatable bonds is 1. The van der Waals surface area contributed by atoms with Crippen LogP contribution in [0.15, 0.2) is 42.5 Å². The molecule has 2 aliphatic heterocycles. The van der Waals surface area contributed by atoms with Crippen molar-refractivity contribution < 1.29 is 14.7 Å². The van der Waals surface area contributed by atoms with Crippen molar-refractivity contribution in [1.82, 2.24) is 4.90 Å². The highest BCUT2D eigenvalue weighted by atomic mass is 16.4. The van der Waals surface area contributed by atoms with E-state index in [2.05, 4.69) is 19.1 Å². The van der Waals surface area contributed by atoms with E-state index in [0.29, 0.717) is 11.5 Å². The van der Waals surface area contributed by atoms with E-state index in [4.69, 9.17) is 0 Å². The largest absolute Gasteiger partial charge is 0.478 e. The van der Waals surface area contributed by atoms with Gasteiger partial charge in [0.05, 0.1) is 23.2 Å². The van der Waals surface area contributed by atoms with Crippen LogP contribution in [-0.2, 0) is 0 Å². The molecule has 0 spiro atoms. The zero-order chi connectivity index (χ0) is 17.0. The lowest BCUT2D eigenvalue weighted by Gasteiger charge is -2.29. The van der Waals surface area contributed by atoms with E-state index in [1.54, 1.807) is 6.07 Å². The van der Waals surface area contributed by atoms with Crippen molar-refractivity contribution in [1.29, 1.82) is 0 Å². The minimum Gasteiger partial charge on any atom is -0.478 e. The SMILES string of the molecule is C[C@@H]1C[C@H]2c3cccc(C(=O)O)c3C(=O)N2[C@H](C)c2ccccc21. The van der Waals surface area contributed by atoms with Gasteiger partial charge in [-0.05, 0) is 42.0 Å². The Bertz CT molecular complexity index is 858. The predicted octanol–water partition coefficient (Wildman–Crippen LogP) is 4.15. The van der Waals surface area contributed by atoms with E-state index >= 15 is 0 Å². The van der Waals surface area contributed by atoms with Gasteiger partial charge in [0.25, 0.3) is 5.91 Å². The molecule has 2 aromatic carbocycles. The van der Waals surface area contributed by atoms with Gasteiger partial charge in [-0.3, -0.25) is 4.79 Å². The Kier molecular flexibility index (Phi) is 3.23. The highest BCUT2D eigenvalue weighted by Gasteiger charge is 2.44. The quantitative estimate of drug-likeness (QED) is 0.858. The number of benzene rings is 2. The number of fused-ring (bicyclic) bond motifs is 4. The van der Waals surface area contributed by atoms with E-state index in [1.165, 1.54) is 11.6 Å². The third-order valence-corrected chi connectivity index (χ3v) is 5.44. The van der Waals surface area contributed by atoms with E-state index in [1.807, 2.05) is 30.0 Å². The number of amides is 1. The van der Waals surface area contributed by atoms with Gasteiger partial charge in [0.15, 0.2) is 0 Å². The summed E-state index contributed by atoms with van der Waals surface area (Å²) in [5.74, 6) is -0.894. The Labute approximate surface area is 140 Å². The fraction of sp³-hybridized carbons (Fsp3) is 0.300. The summed E-state index contributed by atoms with van der Waals surface area (Å²) in [5.41, 5.74) is 3.77. The first-order chi connectivity index (χ1) is 11.5. The summed E-state index contributed by atoms with van der Waals surface area (Å²) < 4.78 is 0. The van der Waals surface area contributed by atoms with Gasteiger partial charge in [-0.15, -0.1) is 0 Å². The molecule has 4 rings (SSSR count). The monoisotopic (exact) mass is 321 g/mol. The Morgan fingerprint density at radius 3 is 2.42 bits per heavy atom. The minimum absolute atomic E-state index is 0.0656. The van der Waals surface area contributed by atoms with Gasteiger partial charge in [0, 0.05) is 0 Å². The van der Waals surface area contributed by atoms with Gasteiger partial charge in [-0.2, -0.15) is 0 Å². The highest BCUT2D eigenvalue weighted by Crippen LogP contribution is 2.49. The van der Waals surface area contributed by atoms with Crippen molar-refractivity contribution in [3.63, 3.8) is 0 Å². The first-order valence-corrected chi connectivity index (χ1v) is 8.28. The first-order valence-electron chi connectivity index (χ1n) is 8.28. The van der Waals surface area contributed by atoms with Crippen molar-refractivity contribution in [2.75, 3.05) is 0 Å². The average Bonchev–Trinajstić information content (AvgIpc) is 2.80. The number of carboxylic acid groups (broad SMARTS) is 1. The molecule has 1 amide bonds. The second kappa shape index (κ2) is 5.20. The maximum Gasteiger partial charge on any atom is 0.336 e. The molecule has 0 fully saturated rings. The van der Waals surface area contributed by atoms with Gasteiger partial charge < -0.3 is 10.0 Å². The van der Waals surface area contributed by atoms with E-state index < -0.39 is 5.97 Å².